The zero-order chi connectivity index (χ0) is 11.4. The van der Waals surface area contributed by atoms with E-state index in [9.17, 15) is 0 Å². The van der Waals surface area contributed by atoms with Gasteiger partial charge in [-0.2, -0.15) is 0 Å². The molecular formula is C10H18BrN3S. The molecule has 1 heterocycles. The minimum Gasteiger partial charge on any atom is -0.351 e. The van der Waals surface area contributed by atoms with Gasteiger partial charge in [-0.05, 0) is 28.3 Å². The quantitative estimate of drug-likeness (QED) is 0.907. The Morgan fingerprint density at radius 2 is 2.27 bits per heavy atom. The molecule has 0 aliphatic carbocycles. The van der Waals surface area contributed by atoms with Crippen molar-refractivity contribution < 1.29 is 0 Å². The molecule has 0 fully saturated rings. The smallest absolute Gasteiger partial charge is 0.186 e. The third-order valence-corrected chi connectivity index (χ3v) is 4.11. The Bertz CT molecular complexity index is 301. The molecule has 0 bridgehead atoms. The summed E-state index contributed by atoms with van der Waals surface area (Å²) in [5.41, 5.74) is 6.00. The molecule has 1 rings (SSSR count). The summed E-state index contributed by atoms with van der Waals surface area (Å²) < 4.78 is 0.905. The highest BCUT2D eigenvalue weighted by Crippen LogP contribution is 2.22. The number of hydrogen-bond donors (Lipinski definition) is 1. The minimum atomic E-state index is 0.274. The summed E-state index contributed by atoms with van der Waals surface area (Å²) in [4.78, 5) is 6.50. The predicted molar refractivity (Wildman–Crippen MR) is 70.5 cm³/mol. The Morgan fingerprint density at radius 3 is 2.73 bits per heavy atom. The lowest BCUT2D eigenvalue weighted by Gasteiger charge is -2.20. The molecule has 1 unspecified atom stereocenters. The van der Waals surface area contributed by atoms with Gasteiger partial charge in [0.15, 0.2) is 5.13 Å². The Balaban J connectivity index is 2.39. The molecule has 3 nitrogen and oxygen atoms in total. The standard InChI is InChI=1S/C10H18BrN3S/c1-7(2)8(12)4-5-14(3)10-13-9(11)6-15-10/h6-8H,4-5,12H2,1-3H3. The van der Waals surface area contributed by atoms with Crippen LogP contribution in [0.1, 0.15) is 20.3 Å². The van der Waals surface area contributed by atoms with E-state index in [0.29, 0.717) is 5.92 Å². The van der Waals surface area contributed by atoms with E-state index >= 15 is 0 Å². The maximum Gasteiger partial charge on any atom is 0.186 e. The van der Waals surface area contributed by atoms with Crippen LogP contribution in [0.15, 0.2) is 9.98 Å². The van der Waals surface area contributed by atoms with Crippen molar-refractivity contribution in [1.82, 2.24) is 4.98 Å². The summed E-state index contributed by atoms with van der Waals surface area (Å²) >= 11 is 5.00. The van der Waals surface area contributed by atoms with Crippen molar-refractivity contribution in [3.8, 4) is 0 Å². The van der Waals surface area contributed by atoms with Crippen LogP contribution in [0.5, 0.6) is 0 Å². The van der Waals surface area contributed by atoms with Crippen LogP contribution in [0.3, 0.4) is 0 Å². The summed E-state index contributed by atoms with van der Waals surface area (Å²) in [6.07, 6.45) is 1.01. The zero-order valence-electron chi connectivity index (χ0n) is 9.40. The molecule has 0 saturated carbocycles. The average Bonchev–Trinajstić information content (AvgIpc) is 2.60. The van der Waals surface area contributed by atoms with Crippen LogP contribution in [0.2, 0.25) is 0 Å². The maximum atomic E-state index is 6.00. The Morgan fingerprint density at radius 1 is 1.60 bits per heavy atom. The second-order valence-electron chi connectivity index (χ2n) is 4.07. The van der Waals surface area contributed by atoms with Crippen LogP contribution in [0.4, 0.5) is 5.13 Å². The van der Waals surface area contributed by atoms with Crippen molar-refractivity contribution in [2.75, 3.05) is 18.5 Å². The summed E-state index contributed by atoms with van der Waals surface area (Å²) in [7, 11) is 2.05. The molecule has 0 saturated heterocycles. The van der Waals surface area contributed by atoms with Crippen LogP contribution in [-0.4, -0.2) is 24.6 Å². The van der Waals surface area contributed by atoms with E-state index in [1.807, 2.05) is 5.38 Å². The molecule has 15 heavy (non-hydrogen) atoms. The molecule has 1 aromatic heterocycles. The molecule has 1 aromatic rings. The fraction of sp³-hybridized carbons (Fsp3) is 0.700. The first-order valence-electron chi connectivity index (χ1n) is 5.08. The van der Waals surface area contributed by atoms with Gasteiger partial charge in [-0.3, -0.25) is 0 Å². The molecule has 0 aromatic carbocycles. The topological polar surface area (TPSA) is 42.1 Å². The van der Waals surface area contributed by atoms with Crippen LogP contribution in [0.25, 0.3) is 0 Å². The van der Waals surface area contributed by atoms with Crippen molar-refractivity contribution in [3.05, 3.63) is 9.98 Å². The average molecular weight is 292 g/mol. The van der Waals surface area contributed by atoms with Crippen molar-refractivity contribution in [2.45, 2.75) is 26.3 Å². The van der Waals surface area contributed by atoms with Crippen molar-refractivity contribution in [3.63, 3.8) is 0 Å². The van der Waals surface area contributed by atoms with Gasteiger partial charge in [0.05, 0.1) is 0 Å². The van der Waals surface area contributed by atoms with Gasteiger partial charge >= 0.3 is 0 Å². The molecule has 86 valence electrons. The first-order valence-corrected chi connectivity index (χ1v) is 6.75. The largest absolute Gasteiger partial charge is 0.351 e. The first-order chi connectivity index (χ1) is 7.00. The molecular weight excluding hydrogens is 274 g/mol. The highest BCUT2D eigenvalue weighted by molar-refractivity contribution is 9.10. The van der Waals surface area contributed by atoms with Crippen molar-refractivity contribution >= 4 is 32.4 Å². The summed E-state index contributed by atoms with van der Waals surface area (Å²) in [5.74, 6) is 0.543. The SMILES string of the molecule is CC(C)C(N)CCN(C)c1nc(Br)cs1. The van der Waals surface area contributed by atoms with E-state index in [-0.39, 0.29) is 6.04 Å². The number of thiazole rings is 1. The number of halogens is 1. The molecule has 1 atom stereocenters. The fourth-order valence-corrected chi connectivity index (χ4v) is 2.44. The molecule has 0 spiro atoms. The second-order valence-corrected chi connectivity index (χ2v) is 5.72. The number of nitrogens with zero attached hydrogens (tertiary/aromatic N) is 2. The maximum absolute atomic E-state index is 6.00. The van der Waals surface area contributed by atoms with Crippen molar-refractivity contribution in [2.24, 2.45) is 11.7 Å². The van der Waals surface area contributed by atoms with E-state index in [1.54, 1.807) is 11.3 Å². The lowest BCUT2D eigenvalue weighted by molar-refractivity contribution is 0.466. The minimum absolute atomic E-state index is 0.274. The number of nitrogens with two attached hydrogens (primary N) is 1. The third kappa shape index (κ3) is 4.09. The molecule has 2 N–H and O–H groups in total. The van der Waals surface area contributed by atoms with Crippen molar-refractivity contribution in [1.29, 1.82) is 0 Å². The van der Waals surface area contributed by atoms with Gasteiger partial charge in [0.25, 0.3) is 0 Å². The number of anilines is 1. The summed E-state index contributed by atoms with van der Waals surface area (Å²) in [6.45, 7) is 5.27. The molecule has 0 amide bonds. The fourth-order valence-electron chi connectivity index (χ4n) is 1.19. The van der Waals surface area contributed by atoms with Gasteiger partial charge < -0.3 is 10.6 Å². The van der Waals surface area contributed by atoms with Gasteiger partial charge in [-0.25, -0.2) is 4.98 Å². The molecule has 5 heteroatoms. The summed E-state index contributed by atoms with van der Waals surface area (Å²) in [5, 5.41) is 3.03. The normalized spacial score (nSPS) is 13.2. The van der Waals surface area contributed by atoms with E-state index < -0.39 is 0 Å². The van der Waals surface area contributed by atoms with Gasteiger partial charge in [0, 0.05) is 25.0 Å². The Hall–Kier alpha value is -0.130. The van der Waals surface area contributed by atoms with Gasteiger partial charge in [0.1, 0.15) is 4.60 Å². The van der Waals surface area contributed by atoms with Gasteiger partial charge in [-0.15, -0.1) is 11.3 Å². The van der Waals surface area contributed by atoms with Crippen LogP contribution in [0, 0.1) is 5.92 Å². The molecule has 0 aliphatic rings. The number of hydrogen-bond acceptors (Lipinski definition) is 4. The van der Waals surface area contributed by atoms with Gasteiger partial charge in [0.2, 0.25) is 0 Å². The number of rotatable bonds is 5. The third-order valence-electron chi connectivity index (χ3n) is 2.44. The highest BCUT2D eigenvalue weighted by Gasteiger charge is 2.10. The first kappa shape index (κ1) is 12.9. The van der Waals surface area contributed by atoms with Crippen LogP contribution in [-0.2, 0) is 0 Å². The van der Waals surface area contributed by atoms with Crippen LogP contribution >= 0.6 is 27.3 Å². The monoisotopic (exact) mass is 291 g/mol. The van der Waals surface area contributed by atoms with Crippen LogP contribution < -0.4 is 10.6 Å². The van der Waals surface area contributed by atoms with E-state index in [0.717, 1.165) is 22.7 Å². The molecule has 0 radical (unpaired) electrons. The second kappa shape index (κ2) is 5.82. The zero-order valence-corrected chi connectivity index (χ0v) is 11.8. The van der Waals surface area contributed by atoms with Gasteiger partial charge in [-0.1, -0.05) is 13.8 Å². The predicted octanol–water partition coefficient (Wildman–Crippen LogP) is 2.72. The summed E-state index contributed by atoms with van der Waals surface area (Å²) in [6, 6.07) is 0.274. The lowest BCUT2D eigenvalue weighted by Crippen LogP contribution is -2.31. The van der Waals surface area contributed by atoms with E-state index in [2.05, 4.69) is 46.7 Å². The lowest BCUT2D eigenvalue weighted by atomic mass is 10.0. The van der Waals surface area contributed by atoms with E-state index in [4.69, 9.17) is 5.73 Å². The molecule has 0 aliphatic heterocycles. The Labute approximate surface area is 104 Å². The van der Waals surface area contributed by atoms with E-state index in [1.165, 1.54) is 0 Å². The highest BCUT2D eigenvalue weighted by atomic mass is 79.9. The number of aromatic nitrogens is 1. The Kier molecular flexibility index (Phi) is 5.02.